The molecule has 2 unspecified atom stereocenters. The Morgan fingerprint density at radius 2 is 1.81 bits per heavy atom. The molecule has 0 amide bonds. The summed E-state index contributed by atoms with van der Waals surface area (Å²) in [5, 5.41) is 4.53. The highest BCUT2D eigenvalue weighted by molar-refractivity contribution is 7.22. The predicted molar refractivity (Wildman–Crippen MR) is 169 cm³/mol. The molecule has 0 aliphatic carbocycles. The molecule has 3 N–H and O–H groups in total. The molecular weight excluding hydrogens is 592 g/mol. The van der Waals surface area contributed by atoms with Crippen LogP contribution >= 0.6 is 22.9 Å². The number of rotatable bonds is 7. The summed E-state index contributed by atoms with van der Waals surface area (Å²) in [4.78, 5) is 18.5. The van der Waals surface area contributed by atoms with Gasteiger partial charge in [0, 0.05) is 53.6 Å². The maximum absolute atomic E-state index is 16.7. The van der Waals surface area contributed by atoms with Crippen molar-refractivity contribution in [3.8, 4) is 17.1 Å². The summed E-state index contributed by atoms with van der Waals surface area (Å²) in [7, 11) is 0. The van der Waals surface area contributed by atoms with Crippen molar-refractivity contribution in [2.45, 2.75) is 58.0 Å². The number of anilines is 2. The molecule has 3 aliphatic rings. The van der Waals surface area contributed by atoms with Gasteiger partial charge in [0.25, 0.3) is 0 Å². The first kappa shape index (κ1) is 28.9. The molecule has 2 bridgehead atoms. The highest BCUT2D eigenvalue weighted by Crippen LogP contribution is 2.43. The molecule has 8 nitrogen and oxygen atoms in total. The second-order valence-corrected chi connectivity index (χ2v) is 14.4. The summed E-state index contributed by atoms with van der Waals surface area (Å²) < 4.78 is 37.8. The van der Waals surface area contributed by atoms with Crippen LogP contribution in [0.15, 0.2) is 18.2 Å². The van der Waals surface area contributed by atoms with Gasteiger partial charge in [-0.2, -0.15) is 9.97 Å². The molecule has 2 aromatic heterocycles. The zero-order valence-electron chi connectivity index (χ0n) is 24.4. The number of nitrogens with one attached hydrogen (secondary N) is 1. The van der Waals surface area contributed by atoms with Crippen molar-refractivity contribution in [1.82, 2.24) is 25.2 Å². The van der Waals surface area contributed by atoms with Gasteiger partial charge in [0.15, 0.2) is 10.9 Å². The van der Waals surface area contributed by atoms with Crippen LogP contribution in [0, 0.1) is 17.0 Å². The van der Waals surface area contributed by atoms with Crippen LogP contribution in [0.1, 0.15) is 46.0 Å². The Hall–Kier alpha value is -2.86. The van der Waals surface area contributed by atoms with Crippen LogP contribution < -0.4 is 20.7 Å². The Kier molecular flexibility index (Phi) is 7.56. The van der Waals surface area contributed by atoms with Crippen LogP contribution in [0.2, 0.25) is 5.02 Å². The van der Waals surface area contributed by atoms with Gasteiger partial charge in [-0.25, -0.2) is 13.8 Å². The minimum atomic E-state index is -0.624. The van der Waals surface area contributed by atoms with Crippen molar-refractivity contribution in [2.75, 3.05) is 50.0 Å². The van der Waals surface area contributed by atoms with E-state index in [-0.39, 0.29) is 42.9 Å². The molecule has 228 valence electrons. The lowest BCUT2D eigenvalue weighted by Gasteiger charge is -2.35. The molecule has 43 heavy (non-hydrogen) atoms. The highest BCUT2D eigenvalue weighted by Gasteiger charge is 2.35. The monoisotopic (exact) mass is 627 g/mol. The fraction of sp³-hybridized carbons (Fsp3) is 0.516. The van der Waals surface area contributed by atoms with Gasteiger partial charge < -0.3 is 25.6 Å². The number of likely N-dealkylation sites (tertiary alicyclic amines) is 1. The van der Waals surface area contributed by atoms with Gasteiger partial charge in [0.1, 0.15) is 17.2 Å². The molecule has 4 aromatic rings. The van der Waals surface area contributed by atoms with Crippen molar-refractivity contribution in [3.63, 3.8) is 0 Å². The highest BCUT2D eigenvalue weighted by atomic mass is 35.5. The van der Waals surface area contributed by atoms with Gasteiger partial charge in [-0.15, -0.1) is 0 Å². The van der Waals surface area contributed by atoms with Gasteiger partial charge in [0.2, 0.25) is 0 Å². The molecule has 5 heterocycles. The second kappa shape index (κ2) is 11.3. The number of benzene rings is 2. The van der Waals surface area contributed by atoms with Crippen molar-refractivity contribution in [2.24, 2.45) is 5.41 Å². The van der Waals surface area contributed by atoms with Gasteiger partial charge in [-0.1, -0.05) is 43.2 Å². The van der Waals surface area contributed by atoms with E-state index in [0.29, 0.717) is 35.5 Å². The first-order valence-corrected chi connectivity index (χ1v) is 16.3. The number of hydrogen-bond acceptors (Lipinski definition) is 9. The number of ether oxygens (including phenoxy) is 1. The Morgan fingerprint density at radius 3 is 2.56 bits per heavy atom. The van der Waals surface area contributed by atoms with E-state index in [4.69, 9.17) is 27.1 Å². The van der Waals surface area contributed by atoms with Crippen molar-refractivity contribution < 1.29 is 13.5 Å². The summed E-state index contributed by atoms with van der Waals surface area (Å²) in [5.74, 6) is -0.478. The second-order valence-electron chi connectivity index (χ2n) is 12.9. The van der Waals surface area contributed by atoms with Crippen LogP contribution in [0.5, 0.6) is 6.01 Å². The zero-order chi connectivity index (χ0) is 29.9. The maximum Gasteiger partial charge on any atom is 0.319 e. The lowest BCUT2D eigenvalue weighted by molar-refractivity contribution is 0.0986. The molecule has 2 atom stereocenters. The Balaban J connectivity index is 1.31. The first-order chi connectivity index (χ1) is 20.6. The molecule has 3 saturated heterocycles. The topological polar surface area (TPSA) is 92.4 Å². The summed E-state index contributed by atoms with van der Waals surface area (Å²) in [6.07, 6.45) is 5.91. The summed E-state index contributed by atoms with van der Waals surface area (Å²) in [6, 6.07) is 5.32. The average Bonchev–Trinajstić information content (AvgIpc) is 3.54. The fourth-order valence-electron chi connectivity index (χ4n) is 6.90. The number of piperazine rings is 1. The van der Waals surface area contributed by atoms with E-state index >= 15 is 4.39 Å². The Labute approximate surface area is 258 Å². The molecule has 12 heteroatoms. The molecule has 0 spiro atoms. The van der Waals surface area contributed by atoms with Crippen molar-refractivity contribution in [3.05, 3.63) is 34.9 Å². The largest absolute Gasteiger partial charge is 0.463 e. The van der Waals surface area contributed by atoms with E-state index in [1.807, 2.05) is 0 Å². The lowest BCUT2D eigenvalue weighted by atomic mass is 9.93. The van der Waals surface area contributed by atoms with E-state index in [1.165, 1.54) is 31.4 Å². The van der Waals surface area contributed by atoms with Crippen LogP contribution in [0.3, 0.4) is 0 Å². The van der Waals surface area contributed by atoms with Crippen LogP contribution in [0.25, 0.3) is 32.2 Å². The molecule has 3 fully saturated rings. The summed E-state index contributed by atoms with van der Waals surface area (Å²) >= 11 is 7.83. The number of nitrogen functional groups attached to an aromatic ring is 1. The third-order valence-electron chi connectivity index (χ3n) is 8.83. The van der Waals surface area contributed by atoms with Gasteiger partial charge in [-0.05, 0) is 57.0 Å². The van der Waals surface area contributed by atoms with E-state index in [2.05, 4.69) is 38.9 Å². The third-order valence-corrected chi connectivity index (χ3v) is 10.0. The number of hydrogen-bond donors (Lipinski definition) is 2. The average molecular weight is 628 g/mol. The Bertz CT molecular complexity index is 1680. The fourth-order valence-corrected chi connectivity index (χ4v) is 7.96. The van der Waals surface area contributed by atoms with E-state index in [0.717, 1.165) is 56.9 Å². The third kappa shape index (κ3) is 5.61. The minimum absolute atomic E-state index is 0.103. The maximum atomic E-state index is 16.7. The van der Waals surface area contributed by atoms with Gasteiger partial charge in [-0.3, -0.25) is 0 Å². The lowest BCUT2D eigenvalue weighted by Crippen LogP contribution is -2.51. The quantitative estimate of drug-likeness (QED) is 0.248. The number of nitrogens with zero attached hydrogens (tertiary/aromatic N) is 5. The summed E-state index contributed by atoms with van der Waals surface area (Å²) in [6.45, 7) is 9.34. The number of nitrogens with two attached hydrogens (primary N) is 1. The van der Waals surface area contributed by atoms with Crippen LogP contribution in [0.4, 0.5) is 19.7 Å². The molecule has 0 saturated carbocycles. The Morgan fingerprint density at radius 1 is 1.07 bits per heavy atom. The smallest absolute Gasteiger partial charge is 0.319 e. The van der Waals surface area contributed by atoms with Crippen molar-refractivity contribution in [1.29, 1.82) is 0 Å². The van der Waals surface area contributed by atoms with E-state index < -0.39 is 11.6 Å². The van der Waals surface area contributed by atoms with Gasteiger partial charge >= 0.3 is 6.01 Å². The standard InChI is InChI=1S/C31H36ClF2N7OS/c1-31(2,15-40-10-4-3-5-11-40)16-42-30-38-25-20(28(39-30)41-13-17-6-7-18(14-41)36-17)12-21(32)23(24(25)34)19-8-9-22(33)27-26(19)37-29(35)43-27/h8-9,12,17-18,36H,3-7,10-11,13-16H2,1-2H3,(H2,35,37). The number of halogens is 3. The molecule has 7 rings (SSSR count). The number of fused-ring (bicyclic) bond motifs is 4. The molecule has 2 aromatic carbocycles. The molecule has 0 radical (unpaired) electrons. The molecular formula is C31H36ClF2N7OS. The normalized spacial score (nSPS) is 21.3. The van der Waals surface area contributed by atoms with E-state index in [1.54, 1.807) is 6.07 Å². The number of piperidine rings is 1. The SMILES string of the molecule is CC(C)(COc1nc(N2CC3CCC(C2)N3)c2cc(Cl)c(-c3ccc(F)c4sc(N)nc34)c(F)c2n1)CN1CCCCC1. The van der Waals surface area contributed by atoms with Crippen LogP contribution in [-0.2, 0) is 0 Å². The van der Waals surface area contributed by atoms with Crippen LogP contribution in [-0.4, -0.2) is 71.3 Å². The summed E-state index contributed by atoms with van der Waals surface area (Å²) in [5.41, 5.74) is 6.60. The van der Waals surface area contributed by atoms with E-state index in [9.17, 15) is 4.39 Å². The zero-order valence-corrected chi connectivity index (χ0v) is 26.0. The first-order valence-electron chi connectivity index (χ1n) is 15.1. The number of thiazole rings is 1. The molecule has 3 aliphatic heterocycles. The predicted octanol–water partition coefficient (Wildman–Crippen LogP) is 6.25. The van der Waals surface area contributed by atoms with Crippen molar-refractivity contribution >= 4 is 55.0 Å². The number of aromatic nitrogens is 3. The minimum Gasteiger partial charge on any atom is -0.463 e. The van der Waals surface area contributed by atoms with Gasteiger partial charge in [0.05, 0.1) is 21.8 Å².